The van der Waals surface area contributed by atoms with E-state index < -0.39 is 18.5 Å². The number of aryl methyl sites for hydroxylation is 1. The third kappa shape index (κ3) is 7.10. The van der Waals surface area contributed by atoms with Gasteiger partial charge >= 0.3 is 11.9 Å². The van der Waals surface area contributed by atoms with E-state index in [1.165, 1.54) is 58.6 Å². The average Bonchev–Trinajstić information content (AvgIpc) is 3.34. The van der Waals surface area contributed by atoms with Crippen molar-refractivity contribution in [3.63, 3.8) is 0 Å². The van der Waals surface area contributed by atoms with Gasteiger partial charge in [0.1, 0.15) is 22.9 Å². The van der Waals surface area contributed by atoms with Gasteiger partial charge in [-0.15, -0.1) is 0 Å². The maximum atomic E-state index is 14.0. The Labute approximate surface area is 275 Å². The molecule has 0 spiro atoms. The Morgan fingerprint density at radius 3 is 2.33 bits per heavy atom. The molecule has 9 nitrogen and oxygen atoms in total. The number of carbonyl (C=O) groups excluding carboxylic acids is 2. The van der Waals surface area contributed by atoms with Gasteiger partial charge in [0.05, 0.1) is 37.2 Å². The highest BCUT2D eigenvalue weighted by Crippen LogP contribution is 2.29. The Hall–Kier alpha value is -4.23. The second kappa shape index (κ2) is 13.6. The molecule has 1 aliphatic heterocycles. The van der Waals surface area contributed by atoms with E-state index in [4.69, 9.17) is 25.8 Å². The minimum absolute atomic E-state index is 0.0117. The summed E-state index contributed by atoms with van der Waals surface area (Å²) >= 11 is 9.54. The fraction of sp³-hybridized carbons (Fsp3) is 0.281. The van der Waals surface area contributed by atoms with Crippen LogP contribution in [0.4, 0.5) is 13.2 Å². The molecule has 0 aliphatic carbocycles. The number of amides is 1. The SMILES string of the molecule is COc1ccc(CCC(=O)c2c3n(c(=O)n2-c2ccc(OCC(F)(F)F)cc2)CCN(C(=O)c2ccc(Br)c(Cl)c2)C3)c(OC)c1. The highest BCUT2D eigenvalue weighted by molar-refractivity contribution is 9.10. The van der Waals surface area contributed by atoms with Crippen molar-refractivity contribution in [1.82, 2.24) is 14.0 Å². The number of imidazole rings is 1. The molecule has 0 N–H and O–H groups in total. The van der Waals surface area contributed by atoms with Crippen LogP contribution >= 0.6 is 27.5 Å². The number of nitrogens with zero attached hydrogens (tertiary/aromatic N) is 3. The van der Waals surface area contributed by atoms with E-state index in [-0.39, 0.29) is 61.3 Å². The molecule has 0 saturated heterocycles. The maximum Gasteiger partial charge on any atom is 0.422 e. The molecule has 0 fully saturated rings. The Morgan fingerprint density at radius 2 is 1.67 bits per heavy atom. The summed E-state index contributed by atoms with van der Waals surface area (Å²) in [5.41, 5.74) is 1.26. The number of rotatable bonds is 10. The van der Waals surface area contributed by atoms with Gasteiger partial charge in [-0.3, -0.25) is 18.7 Å². The fourth-order valence-corrected chi connectivity index (χ4v) is 5.68. The van der Waals surface area contributed by atoms with Gasteiger partial charge < -0.3 is 19.1 Å². The van der Waals surface area contributed by atoms with Crippen molar-refractivity contribution in [2.24, 2.45) is 0 Å². The number of ether oxygens (including phenoxy) is 3. The predicted molar refractivity (Wildman–Crippen MR) is 168 cm³/mol. The Balaban J connectivity index is 1.51. The smallest absolute Gasteiger partial charge is 0.422 e. The summed E-state index contributed by atoms with van der Waals surface area (Å²) in [6, 6.07) is 15.5. The molecule has 1 aliphatic rings. The zero-order chi connectivity index (χ0) is 33.2. The van der Waals surface area contributed by atoms with Crippen LogP contribution in [0.5, 0.6) is 17.2 Å². The number of fused-ring (bicyclic) bond motifs is 1. The first kappa shape index (κ1) is 33.1. The minimum atomic E-state index is -4.52. The highest BCUT2D eigenvalue weighted by Gasteiger charge is 2.32. The number of halogens is 5. The number of hydrogen-bond acceptors (Lipinski definition) is 6. The highest BCUT2D eigenvalue weighted by atomic mass is 79.9. The molecule has 0 bridgehead atoms. The fourth-order valence-electron chi connectivity index (χ4n) is 5.25. The van der Waals surface area contributed by atoms with Gasteiger partial charge in [-0.1, -0.05) is 17.7 Å². The summed E-state index contributed by atoms with van der Waals surface area (Å²) in [5, 5.41) is 0.360. The first-order chi connectivity index (χ1) is 21.9. The van der Waals surface area contributed by atoms with Gasteiger partial charge in [0, 0.05) is 35.6 Å². The molecule has 0 atom stereocenters. The lowest BCUT2D eigenvalue weighted by atomic mass is 10.0. The molecule has 1 amide bonds. The van der Waals surface area contributed by atoms with Crippen LogP contribution in [0.15, 0.2) is 69.9 Å². The van der Waals surface area contributed by atoms with E-state index in [1.807, 2.05) is 0 Å². The van der Waals surface area contributed by atoms with Crippen LogP contribution in [0.2, 0.25) is 5.02 Å². The lowest BCUT2D eigenvalue weighted by Crippen LogP contribution is -2.41. The number of aromatic nitrogens is 2. The number of alkyl halides is 3. The van der Waals surface area contributed by atoms with Gasteiger partial charge in [0.15, 0.2) is 12.4 Å². The average molecular weight is 723 g/mol. The summed E-state index contributed by atoms with van der Waals surface area (Å²) < 4.78 is 56.9. The third-order valence-electron chi connectivity index (χ3n) is 7.51. The molecule has 0 unspecified atom stereocenters. The zero-order valence-corrected chi connectivity index (χ0v) is 27.0. The van der Waals surface area contributed by atoms with Crippen LogP contribution in [-0.4, -0.2) is 59.3 Å². The molecular formula is C32H28BrClF3N3O6. The number of benzene rings is 3. The van der Waals surface area contributed by atoms with Crippen molar-refractivity contribution >= 4 is 39.2 Å². The van der Waals surface area contributed by atoms with Crippen molar-refractivity contribution in [3.05, 3.63) is 103 Å². The second-order valence-corrected chi connectivity index (χ2v) is 11.7. The van der Waals surface area contributed by atoms with Gasteiger partial charge in [0.2, 0.25) is 0 Å². The number of methoxy groups -OCH3 is 2. The number of Topliss-reactive ketones (excluding diaryl/α,β-unsaturated/α-hetero) is 1. The van der Waals surface area contributed by atoms with E-state index in [1.54, 1.807) is 30.3 Å². The first-order valence-electron chi connectivity index (χ1n) is 14.0. The topological polar surface area (TPSA) is 92.0 Å². The minimum Gasteiger partial charge on any atom is -0.497 e. The normalized spacial score (nSPS) is 12.9. The number of carbonyl (C=O) groups is 2. The monoisotopic (exact) mass is 721 g/mol. The maximum absolute atomic E-state index is 14.0. The Bertz CT molecular complexity index is 1840. The van der Waals surface area contributed by atoms with Crippen molar-refractivity contribution in [3.8, 4) is 22.9 Å². The molecule has 2 heterocycles. The van der Waals surface area contributed by atoms with Crippen LogP contribution in [0.1, 0.15) is 38.5 Å². The zero-order valence-electron chi connectivity index (χ0n) is 24.7. The van der Waals surface area contributed by atoms with Crippen LogP contribution in [-0.2, 0) is 19.5 Å². The molecule has 5 rings (SSSR count). The third-order valence-corrected chi connectivity index (χ3v) is 8.74. The summed E-state index contributed by atoms with van der Waals surface area (Å²) in [6.45, 7) is -1.19. The molecule has 46 heavy (non-hydrogen) atoms. The van der Waals surface area contributed by atoms with Crippen molar-refractivity contribution < 1.29 is 37.0 Å². The largest absolute Gasteiger partial charge is 0.497 e. The van der Waals surface area contributed by atoms with E-state index in [0.717, 1.165) is 5.56 Å². The molecule has 14 heteroatoms. The Kier molecular flexibility index (Phi) is 9.82. The molecular weight excluding hydrogens is 695 g/mol. The quantitative estimate of drug-likeness (QED) is 0.174. The predicted octanol–water partition coefficient (Wildman–Crippen LogP) is 6.48. The van der Waals surface area contributed by atoms with E-state index >= 15 is 0 Å². The van der Waals surface area contributed by atoms with Gasteiger partial charge in [-0.25, -0.2) is 4.79 Å². The van der Waals surface area contributed by atoms with Crippen LogP contribution in [0.25, 0.3) is 5.69 Å². The van der Waals surface area contributed by atoms with Crippen molar-refractivity contribution in [2.75, 3.05) is 27.4 Å². The summed E-state index contributed by atoms with van der Waals surface area (Å²) in [5.74, 6) is 0.363. The molecule has 4 aromatic rings. The number of hydrogen-bond donors (Lipinski definition) is 0. The van der Waals surface area contributed by atoms with Crippen molar-refractivity contribution in [1.29, 1.82) is 0 Å². The molecule has 242 valence electrons. The summed E-state index contributed by atoms with van der Waals surface area (Å²) in [4.78, 5) is 42.8. The van der Waals surface area contributed by atoms with Crippen LogP contribution < -0.4 is 19.9 Å². The summed E-state index contributed by atoms with van der Waals surface area (Å²) in [6.07, 6.45) is -4.26. The van der Waals surface area contributed by atoms with E-state index in [2.05, 4.69) is 15.9 Å². The van der Waals surface area contributed by atoms with Gasteiger partial charge in [-0.05, 0) is 76.4 Å². The molecule has 0 radical (unpaired) electrons. The lowest BCUT2D eigenvalue weighted by Gasteiger charge is -2.28. The lowest BCUT2D eigenvalue weighted by molar-refractivity contribution is -0.153. The Morgan fingerprint density at radius 1 is 0.957 bits per heavy atom. The number of ketones is 1. The van der Waals surface area contributed by atoms with Crippen LogP contribution in [0, 0.1) is 0 Å². The van der Waals surface area contributed by atoms with E-state index in [9.17, 15) is 27.6 Å². The molecule has 3 aromatic carbocycles. The van der Waals surface area contributed by atoms with Crippen molar-refractivity contribution in [2.45, 2.75) is 32.1 Å². The second-order valence-electron chi connectivity index (χ2n) is 10.4. The standard InChI is InChI=1S/C32H28BrClF3N3O6/c1-44-23-8-3-19(28(16-23)45-2)5-12-27(41)29-26-17-38(30(42)20-4-11-24(33)25(34)15-20)13-14-39(26)31(43)40(29)21-6-9-22(10-7-21)46-18-32(35,36)37/h3-4,6-11,15-16H,5,12-14,17-18H2,1-2H3. The van der Waals surface area contributed by atoms with Crippen LogP contribution in [0.3, 0.4) is 0 Å². The molecule has 1 aromatic heterocycles. The van der Waals surface area contributed by atoms with E-state index in [0.29, 0.717) is 32.3 Å². The molecule has 0 saturated carbocycles. The van der Waals surface area contributed by atoms with Gasteiger partial charge in [0.25, 0.3) is 5.91 Å². The first-order valence-corrected chi connectivity index (χ1v) is 15.2. The summed E-state index contributed by atoms with van der Waals surface area (Å²) in [7, 11) is 3.04. The van der Waals surface area contributed by atoms with Gasteiger partial charge in [-0.2, -0.15) is 13.2 Å².